The van der Waals surface area contributed by atoms with Crippen molar-refractivity contribution in [3.8, 4) is 0 Å². The SMILES string of the molecule is COCCCNC(=O)CN1CCN(C(=O)C2(c3ccc(Cl)cc3)CCCC2)CC1. The second-order valence-electron chi connectivity index (χ2n) is 8.06. The highest BCUT2D eigenvalue weighted by Crippen LogP contribution is 2.43. The molecule has 0 radical (unpaired) electrons. The smallest absolute Gasteiger partial charge is 0.234 e. The molecule has 1 aromatic rings. The van der Waals surface area contributed by atoms with Crippen molar-refractivity contribution in [2.24, 2.45) is 0 Å². The molecule has 2 fully saturated rings. The number of nitrogens with zero attached hydrogens (tertiary/aromatic N) is 2. The molecular weight excluding hydrogens is 390 g/mol. The van der Waals surface area contributed by atoms with Gasteiger partial charge in [-0.2, -0.15) is 0 Å². The highest BCUT2D eigenvalue weighted by Gasteiger charge is 2.45. The Labute approximate surface area is 178 Å². The van der Waals surface area contributed by atoms with Gasteiger partial charge >= 0.3 is 0 Å². The molecule has 1 aliphatic heterocycles. The lowest BCUT2D eigenvalue weighted by Crippen LogP contribution is -2.55. The summed E-state index contributed by atoms with van der Waals surface area (Å²) >= 11 is 6.06. The van der Waals surface area contributed by atoms with E-state index in [1.807, 2.05) is 29.2 Å². The first-order chi connectivity index (χ1) is 14.0. The van der Waals surface area contributed by atoms with E-state index in [0.717, 1.165) is 50.8 Å². The van der Waals surface area contributed by atoms with E-state index in [4.69, 9.17) is 16.3 Å². The van der Waals surface area contributed by atoms with Gasteiger partial charge in [0.25, 0.3) is 0 Å². The molecule has 2 amide bonds. The molecule has 1 saturated heterocycles. The normalized spacial score (nSPS) is 19.3. The van der Waals surface area contributed by atoms with Crippen LogP contribution in [0, 0.1) is 0 Å². The van der Waals surface area contributed by atoms with Gasteiger partial charge in [-0.1, -0.05) is 36.6 Å². The number of hydrogen-bond acceptors (Lipinski definition) is 4. The Balaban J connectivity index is 1.53. The minimum Gasteiger partial charge on any atom is -0.385 e. The Morgan fingerprint density at radius 1 is 1.10 bits per heavy atom. The van der Waals surface area contributed by atoms with Crippen molar-refractivity contribution in [3.05, 3.63) is 34.9 Å². The van der Waals surface area contributed by atoms with Gasteiger partial charge in [0.1, 0.15) is 0 Å². The van der Waals surface area contributed by atoms with E-state index in [9.17, 15) is 9.59 Å². The van der Waals surface area contributed by atoms with Crippen molar-refractivity contribution in [3.63, 3.8) is 0 Å². The average Bonchev–Trinajstić information content (AvgIpc) is 3.23. The second kappa shape index (κ2) is 10.4. The number of piperazine rings is 1. The number of ether oxygens (including phenoxy) is 1. The zero-order chi connectivity index (χ0) is 20.7. The van der Waals surface area contributed by atoms with E-state index in [0.29, 0.717) is 37.8 Å². The van der Waals surface area contributed by atoms with E-state index < -0.39 is 5.41 Å². The fraction of sp³-hybridized carbons (Fsp3) is 0.636. The van der Waals surface area contributed by atoms with Crippen molar-refractivity contribution in [2.75, 3.05) is 53.0 Å². The molecule has 160 valence electrons. The van der Waals surface area contributed by atoms with Crippen molar-refractivity contribution in [1.82, 2.24) is 15.1 Å². The first-order valence-corrected chi connectivity index (χ1v) is 11.0. The Morgan fingerprint density at radius 3 is 2.38 bits per heavy atom. The summed E-state index contributed by atoms with van der Waals surface area (Å²) in [6, 6.07) is 7.78. The topological polar surface area (TPSA) is 61.9 Å². The third-order valence-electron chi connectivity index (χ3n) is 6.14. The van der Waals surface area contributed by atoms with Gasteiger partial charge in [-0.3, -0.25) is 14.5 Å². The van der Waals surface area contributed by atoms with Crippen LogP contribution in [0.1, 0.15) is 37.7 Å². The third kappa shape index (κ3) is 5.50. The molecule has 1 aromatic carbocycles. The molecule has 0 spiro atoms. The molecule has 0 atom stereocenters. The molecule has 1 saturated carbocycles. The Hall–Kier alpha value is -1.63. The number of nitrogens with one attached hydrogen (secondary N) is 1. The molecule has 1 N–H and O–H groups in total. The van der Waals surface area contributed by atoms with Gasteiger partial charge in [-0.05, 0) is 37.0 Å². The van der Waals surface area contributed by atoms with Crippen LogP contribution in [0.15, 0.2) is 24.3 Å². The van der Waals surface area contributed by atoms with Gasteiger partial charge < -0.3 is 15.0 Å². The zero-order valence-electron chi connectivity index (χ0n) is 17.3. The van der Waals surface area contributed by atoms with E-state index in [1.165, 1.54) is 0 Å². The number of methoxy groups -OCH3 is 1. The molecule has 6 nitrogen and oxygen atoms in total. The lowest BCUT2D eigenvalue weighted by atomic mass is 9.77. The fourth-order valence-electron chi connectivity index (χ4n) is 4.49. The molecule has 3 rings (SSSR count). The predicted molar refractivity (Wildman–Crippen MR) is 114 cm³/mol. The molecule has 7 heteroatoms. The van der Waals surface area contributed by atoms with E-state index >= 15 is 0 Å². The molecule has 0 bridgehead atoms. The Kier molecular flexibility index (Phi) is 7.92. The molecule has 1 heterocycles. The van der Waals surface area contributed by atoms with Crippen molar-refractivity contribution in [2.45, 2.75) is 37.5 Å². The maximum absolute atomic E-state index is 13.5. The van der Waals surface area contributed by atoms with Crippen molar-refractivity contribution < 1.29 is 14.3 Å². The minimum absolute atomic E-state index is 0.0364. The van der Waals surface area contributed by atoms with Gasteiger partial charge in [0.2, 0.25) is 11.8 Å². The third-order valence-corrected chi connectivity index (χ3v) is 6.39. The molecule has 0 unspecified atom stereocenters. The number of hydrogen-bond donors (Lipinski definition) is 1. The van der Waals surface area contributed by atoms with Gasteiger partial charge in [-0.15, -0.1) is 0 Å². The lowest BCUT2D eigenvalue weighted by Gasteiger charge is -2.40. The summed E-state index contributed by atoms with van der Waals surface area (Å²) in [4.78, 5) is 29.7. The van der Waals surface area contributed by atoms with Gasteiger partial charge in [0.15, 0.2) is 0 Å². The van der Waals surface area contributed by atoms with Crippen LogP contribution >= 0.6 is 11.6 Å². The summed E-state index contributed by atoms with van der Waals surface area (Å²) in [5.74, 6) is 0.273. The summed E-state index contributed by atoms with van der Waals surface area (Å²) in [6.45, 7) is 4.47. The fourth-order valence-corrected chi connectivity index (χ4v) is 4.61. The maximum atomic E-state index is 13.5. The second-order valence-corrected chi connectivity index (χ2v) is 8.50. The number of carbonyl (C=O) groups is 2. The van der Waals surface area contributed by atoms with Crippen LogP contribution in [-0.2, 0) is 19.7 Å². The molecule has 2 aliphatic rings. The largest absolute Gasteiger partial charge is 0.385 e. The quantitative estimate of drug-likeness (QED) is 0.655. The van der Waals surface area contributed by atoms with E-state index in [1.54, 1.807) is 7.11 Å². The Morgan fingerprint density at radius 2 is 1.76 bits per heavy atom. The van der Waals surface area contributed by atoms with E-state index in [-0.39, 0.29) is 11.8 Å². The van der Waals surface area contributed by atoms with Crippen LogP contribution in [0.2, 0.25) is 5.02 Å². The Bertz CT molecular complexity index is 681. The van der Waals surface area contributed by atoms with Crippen LogP contribution in [0.4, 0.5) is 0 Å². The van der Waals surface area contributed by atoms with Crippen LogP contribution in [0.5, 0.6) is 0 Å². The van der Waals surface area contributed by atoms with Gasteiger partial charge in [0.05, 0.1) is 12.0 Å². The predicted octanol–water partition coefficient (Wildman–Crippen LogP) is 2.45. The van der Waals surface area contributed by atoms with Crippen molar-refractivity contribution >= 4 is 23.4 Å². The summed E-state index contributed by atoms with van der Waals surface area (Å²) < 4.78 is 4.99. The van der Waals surface area contributed by atoms with Gasteiger partial charge in [0, 0.05) is 51.5 Å². The molecule has 1 aliphatic carbocycles. The maximum Gasteiger partial charge on any atom is 0.234 e. The zero-order valence-corrected chi connectivity index (χ0v) is 18.0. The molecule has 29 heavy (non-hydrogen) atoms. The highest BCUT2D eigenvalue weighted by atomic mass is 35.5. The summed E-state index contributed by atoms with van der Waals surface area (Å²) in [5, 5.41) is 3.62. The van der Waals surface area contributed by atoms with Crippen LogP contribution < -0.4 is 5.32 Å². The number of amides is 2. The average molecular weight is 422 g/mol. The van der Waals surface area contributed by atoms with Crippen LogP contribution in [0.3, 0.4) is 0 Å². The van der Waals surface area contributed by atoms with Crippen LogP contribution in [0.25, 0.3) is 0 Å². The van der Waals surface area contributed by atoms with Crippen LogP contribution in [-0.4, -0.2) is 74.6 Å². The summed E-state index contributed by atoms with van der Waals surface area (Å²) in [6.07, 6.45) is 4.78. The van der Waals surface area contributed by atoms with Gasteiger partial charge in [-0.25, -0.2) is 0 Å². The molecular formula is C22H32ClN3O3. The standard InChI is InChI=1S/C22H32ClN3O3/c1-29-16-4-11-24-20(27)17-25-12-14-26(15-13-25)21(28)22(9-2-3-10-22)18-5-7-19(23)8-6-18/h5-8H,2-4,9-17H2,1H3,(H,24,27). The number of rotatable bonds is 8. The minimum atomic E-state index is -0.411. The number of halogens is 1. The first-order valence-electron chi connectivity index (χ1n) is 10.6. The van der Waals surface area contributed by atoms with Crippen molar-refractivity contribution in [1.29, 1.82) is 0 Å². The van der Waals surface area contributed by atoms with E-state index in [2.05, 4.69) is 10.2 Å². The lowest BCUT2D eigenvalue weighted by molar-refractivity contribution is -0.139. The number of carbonyl (C=O) groups excluding carboxylic acids is 2. The monoisotopic (exact) mass is 421 g/mol. The first kappa shape index (κ1) is 22.1. The number of benzene rings is 1. The molecule has 0 aromatic heterocycles. The summed E-state index contributed by atoms with van der Waals surface area (Å²) in [5.41, 5.74) is 0.674. The highest BCUT2D eigenvalue weighted by molar-refractivity contribution is 6.30. The summed E-state index contributed by atoms with van der Waals surface area (Å²) in [7, 11) is 1.66.